The van der Waals surface area contributed by atoms with Gasteiger partial charge in [0.15, 0.2) is 11.5 Å². The van der Waals surface area contributed by atoms with Gasteiger partial charge in [-0.1, -0.05) is 12.1 Å². The Labute approximate surface area is 146 Å². The highest BCUT2D eigenvalue weighted by Crippen LogP contribution is 2.33. The molecule has 5 nitrogen and oxygen atoms in total. The van der Waals surface area contributed by atoms with Crippen LogP contribution < -0.4 is 15.2 Å². The van der Waals surface area contributed by atoms with Gasteiger partial charge in [-0.05, 0) is 30.7 Å². The lowest BCUT2D eigenvalue weighted by molar-refractivity contribution is 0.355. The summed E-state index contributed by atoms with van der Waals surface area (Å²) >= 11 is 0. The summed E-state index contributed by atoms with van der Waals surface area (Å²) in [6.07, 6.45) is 1.62. The number of methoxy groups -OCH3 is 2. The first kappa shape index (κ1) is 17.2. The average Bonchev–Trinajstić information content (AvgIpc) is 2.97. The van der Waals surface area contributed by atoms with E-state index in [1.807, 2.05) is 12.1 Å². The molecule has 0 spiro atoms. The third-order valence-corrected chi connectivity index (χ3v) is 4.19. The summed E-state index contributed by atoms with van der Waals surface area (Å²) in [5.74, 6) is 2.00. The maximum absolute atomic E-state index is 13.2. The standard InChI is InChI=1S/C19H22FN3O2/c1-24-17-10-15-16(11-18(17)25-2)23(19(22-15)4-3-9-21)12-13-5-7-14(20)8-6-13/h5-8,10-11H,3-4,9,12,21H2,1-2H3. The third kappa shape index (κ3) is 3.58. The highest BCUT2D eigenvalue weighted by atomic mass is 19.1. The monoisotopic (exact) mass is 343 g/mol. The highest BCUT2D eigenvalue weighted by Gasteiger charge is 2.15. The second-order valence-corrected chi connectivity index (χ2v) is 5.83. The average molecular weight is 343 g/mol. The molecule has 3 aromatic rings. The first-order valence-corrected chi connectivity index (χ1v) is 8.22. The van der Waals surface area contributed by atoms with Crippen LogP contribution in [0.3, 0.4) is 0 Å². The van der Waals surface area contributed by atoms with E-state index in [1.165, 1.54) is 12.1 Å². The summed E-state index contributed by atoms with van der Waals surface area (Å²) in [5.41, 5.74) is 8.46. The number of fused-ring (bicyclic) bond motifs is 1. The summed E-state index contributed by atoms with van der Waals surface area (Å²) in [6, 6.07) is 10.3. The number of ether oxygens (including phenoxy) is 2. The van der Waals surface area contributed by atoms with Crippen LogP contribution >= 0.6 is 0 Å². The van der Waals surface area contributed by atoms with E-state index in [2.05, 4.69) is 4.57 Å². The minimum atomic E-state index is -0.242. The highest BCUT2D eigenvalue weighted by molar-refractivity contribution is 5.80. The van der Waals surface area contributed by atoms with Crippen molar-refractivity contribution >= 4 is 11.0 Å². The summed E-state index contributed by atoms with van der Waals surface area (Å²) in [7, 11) is 3.22. The zero-order valence-corrected chi connectivity index (χ0v) is 14.5. The maximum atomic E-state index is 13.2. The van der Waals surface area contributed by atoms with Gasteiger partial charge in [0.05, 0.1) is 25.3 Å². The Hall–Kier alpha value is -2.60. The number of hydrogen-bond acceptors (Lipinski definition) is 4. The molecule has 0 unspecified atom stereocenters. The molecule has 0 saturated carbocycles. The molecule has 1 heterocycles. The minimum Gasteiger partial charge on any atom is -0.493 e. The number of nitrogens with zero attached hydrogens (tertiary/aromatic N) is 2. The molecular formula is C19H22FN3O2. The van der Waals surface area contributed by atoms with Crippen molar-refractivity contribution in [1.82, 2.24) is 9.55 Å². The molecular weight excluding hydrogens is 321 g/mol. The Morgan fingerprint density at radius 3 is 2.40 bits per heavy atom. The van der Waals surface area contributed by atoms with Gasteiger partial charge in [-0.2, -0.15) is 0 Å². The summed E-state index contributed by atoms with van der Waals surface area (Å²) in [5, 5.41) is 0. The second kappa shape index (κ2) is 7.53. The molecule has 2 N–H and O–H groups in total. The van der Waals surface area contributed by atoms with Crippen LogP contribution in [0.15, 0.2) is 36.4 Å². The Morgan fingerprint density at radius 2 is 1.76 bits per heavy atom. The largest absolute Gasteiger partial charge is 0.493 e. The third-order valence-electron chi connectivity index (χ3n) is 4.19. The quantitative estimate of drug-likeness (QED) is 0.716. The predicted molar refractivity (Wildman–Crippen MR) is 95.7 cm³/mol. The van der Waals surface area contributed by atoms with E-state index in [1.54, 1.807) is 26.4 Å². The molecule has 0 fully saturated rings. The fourth-order valence-corrected chi connectivity index (χ4v) is 2.90. The maximum Gasteiger partial charge on any atom is 0.163 e. The van der Waals surface area contributed by atoms with E-state index in [0.717, 1.165) is 35.3 Å². The van der Waals surface area contributed by atoms with Gasteiger partial charge in [-0.3, -0.25) is 0 Å². The van der Waals surface area contributed by atoms with E-state index in [4.69, 9.17) is 20.2 Å². The topological polar surface area (TPSA) is 62.3 Å². The Kier molecular flexibility index (Phi) is 5.19. The van der Waals surface area contributed by atoms with Gasteiger partial charge >= 0.3 is 0 Å². The zero-order valence-electron chi connectivity index (χ0n) is 14.5. The van der Waals surface area contributed by atoms with Crippen molar-refractivity contribution in [3.8, 4) is 11.5 Å². The van der Waals surface area contributed by atoms with Crippen LogP contribution in [0.2, 0.25) is 0 Å². The number of halogens is 1. The fraction of sp³-hybridized carbons (Fsp3) is 0.316. The van der Waals surface area contributed by atoms with Crippen LogP contribution in [0.4, 0.5) is 4.39 Å². The van der Waals surface area contributed by atoms with E-state index in [0.29, 0.717) is 24.6 Å². The number of hydrogen-bond donors (Lipinski definition) is 1. The van der Waals surface area contributed by atoms with Gasteiger partial charge in [0.25, 0.3) is 0 Å². The molecule has 0 bridgehead atoms. The molecule has 3 rings (SSSR count). The molecule has 0 aliphatic rings. The molecule has 0 aliphatic carbocycles. The fourth-order valence-electron chi connectivity index (χ4n) is 2.90. The van der Waals surface area contributed by atoms with E-state index in [9.17, 15) is 4.39 Å². The van der Waals surface area contributed by atoms with Crippen molar-refractivity contribution in [2.45, 2.75) is 19.4 Å². The van der Waals surface area contributed by atoms with Crippen LogP contribution in [0.5, 0.6) is 11.5 Å². The molecule has 25 heavy (non-hydrogen) atoms. The van der Waals surface area contributed by atoms with E-state index < -0.39 is 0 Å². The minimum absolute atomic E-state index is 0.242. The zero-order chi connectivity index (χ0) is 17.8. The van der Waals surface area contributed by atoms with Crippen molar-refractivity contribution in [2.24, 2.45) is 5.73 Å². The summed E-state index contributed by atoms with van der Waals surface area (Å²) in [4.78, 5) is 4.75. The van der Waals surface area contributed by atoms with E-state index >= 15 is 0 Å². The molecule has 0 aliphatic heterocycles. The molecule has 6 heteroatoms. The number of benzene rings is 2. The second-order valence-electron chi connectivity index (χ2n) is 5.83. The number of aryl methyl sites for hydroxylation is 1. The van der Waals surface area contributed by atoms with Crippen molar-refractivity contribution in [3.05, 3.63) is 53.6 Å². The summed E-state index contributed by atoms with van der Waals surface area (Å²) in [6.45, 7) is 1.21. The molecule has 0 amide bonds. The van der Waals surface area contributed by atoms with Gasteiger partial charge in [0, 0.05) is 25.1 Å². The molecule has 0 saturated heterocycles. The molecule has 0 atom stereocenters. The Balaban J connectivity index is 2.09. The normalized spacial score (nSPS) is 11.0. The number of aromatic nitrogens is 2. The van der Waals surface area contributed by atoms with Crippen LogP contribution in [-0.4, -0.2) is 30.3 Å². The van der Waals surface area contributed by atoms with Crippen molar-refractivity contribution in [1.29, 1.82) is 0 Å². The van der Waals surface area contributed by atoms with Gasteiger partial charge < -0.3 is 19.8 Å². The van der Waals surface area contributed by atoms with E-state index in [-0.39, 0.29) is 5.82 Å². The lowest BCUT2D eigenvalue weighted by atomic mass is 10.2. The smallest absolute Gasteiger partial charge is 0.163 e. The first-order valence-electron chi connectivity index (χ1n) is 8.22. The first-order chi connectivity index (χ1) is 12.2. The Bertz CT molecular complexity index is 859. The van der Waals surface area contributed by atoms with Crippen molar-refractivity contribution in [2.75, 3.05) is 20.8 Å². The SMILES string of the molecule is COc1cc2nc(CCCN)n(Cc3ccc(F)cc3)c2cc1OC. The number of nitrogens with two attached hydrogens (primary N) is 1. The van der Waals surface area contributed by atoms with Crippen LogP contribution in [-0.2, 0) is 13.0 Å². The summed E-state index contributed by atoms with van der Waals surface area (Å²) < 4.78 is 26.1. The predicted octanol–water partition coefficient (Wildman–Crippen LogP) is 3.13. The van der Waals surface area contributed by atoms with Crippen LogP contribution in [0.25, 0.3) is 11.0 Å². The molecule has 132 valence electrons. The molecule has 1 aromatic heterocycles. The van der Waals surface area contributed by atoms with Gasteiger partial charge in [-0.25, -0.2) is 9.37 Å². The van der Waals surface area contributed by atoms with Crippen molar-refractivity contribution in [3.63, 3.8) is 0 Å². The van der Waals surface area contributed by atoms with Crippen molar-refractivity contribution < 1.29 is 13.9 Å². The van der Waals surface area contributed by atoms with Gasteiger partial charge in [0.2, 0.25) is 0 Å². The lowest BCUT2D eigenvalue weighted by Gasteiger charge is -2.11. The van der Waals surface area contributed by atoms with Gasteiger partial charge in [0.1, 0.15) is 11.6 Å². The Morgan fingerprint density at radius 1 is 1.08 bits per heavy atom. The molecule has 2 aromatic carbocycles. The number of imidazole rings is 1. The lowest BCUT2D eigenvalue weighted by Crippen LogP contribution is -2.08. The van der Waals surface area contributed by atoms with Gasteiger partial charge in [-0.15, -0.1) is 0 Å². The van der Waals surface area contributed by atoms with Crippen LogP contribution in [0, 0.1) is 5.82 Å². The van der Waals surface area contributed by atoms with Crippen LogP contribution in [0.1, 0.15) is 17.8 Å². The number of rotatable bonds is 7. The molecule has 0 radical (unpaired) electrons.